The lowest BCUT2D eigenvalue weighted by atomic mass is 9.80. The Morgan fingerprint density at radius 2 is 1.84 bits per heavy atom. The number of carbonyl (C=O) groups excluding carboxylic acids is 1. The molecule has 19 heavy (non-hydrogen) atoms. The molecule has 0 aliphatic carbocycles. The maximum absolute atomic E-state index is 11.9. The Morgan fingerprint density at radius 3 is 2.58 bits per heavy atom. The van der Waals surface area contributed by atoms with Crippen molar-refractivity contribution in [2.45, 2.75) is 26.2 Å². The van der Waals surface area contributed by atoms with Crippen molar-refractivity contribution in [1.82, 2.24) is 0 Å². The molecule has 0 bridgehead atoms. The quantitative estimate of drug-likeness (QED) is 0.693. The van der Waals surface area contributed by atoms with Crippen LogP contribution in [0.4, 0.5) is 5.69 Å². The van der Waals surface area contributed by atoms with Gasteiger partial charge in [-0.25, -0.2) is 0 Å². The van der Waals surface area contributed by atoms with Crippen LogP contribution in [-0.4, -0.2) is 5.91 Å². The Labute approximate surface area is 113 Å². The first-order valence-electron chi connectivity index (χ1n) is 6.52. The van der Waals surface area contributed by atoms with Crippen LogP contribution in [0.25, 0.3) is 10.8 Å². The molecule has 2 aromatic carbocycles. The predicted octanol–water partition coefficient (Wildman–Crippen LogP) is 4.00. The highest BCUT2D eigenvalue weighted by Crippen LogP contribution is 2.42. The van der Waals surface area contributed by atoms with Crippen LogP contribution in [-0.2, 0) is 10.2 Å². The molecule has 96 valence electrons. The molecule has 0 aromatic heterocycles. The van der Waals surface area contributed by atoms with Gasteiger partial charge in [0.25, 0.3) is 0 Å². The Hall–Kier alpha value is -2.09. The van der Waals surface area contributed by atoms with E-state index in [2.05, 4.69) is 44.2 Å². The van der Waals surface area contributed by atoms with E-state index in [4.69, 9.17) is 0 Å². The van der Waals surface area contributed by atoms with E-state index in [1.165, 1.54) is 10.9 Å². The molecule has 0 saturated carbocycles. The third-order valence-corrected chi connectivity index (χ3v) is 3.82. The second-order valence-corrected chi connectivity index (χ2v) is 5.61. The van der Waals surface area contributed by atoms with Crippen molar-refractivity contribution < 1.29 is 4.79 Å². The summed E-state index contributed by atoms with van der Waals surface area (Å²) in [6.45, 7) is 5.96. The van der Waals surface area contributed by atoms with E-state index >= 15 is 0 Å². The second kappa shape index (κ2) is 3.95. The van der Waals surface area contributed by atoms with Gasteiger partial charge in [0.05, 0.1) is 5.69 Å². The van der Waals surface area contributed by atoms with Crippen molar-refractivity contribution in [2.75, 3.05) is 4.90 Å². The molecule has 0 saturated heterocycles. The first-order valence-corrected chi connectivity index (χ1v) is 6.52. The number of benzene rings is 2. The number of nitrogens with zero attached hydrogens (tertiary/aromatic N) is 1. The van der Waals surface area contributed by atoms with Gasteiger partial charge in [-0.1, -0.05) is 56.3 Å². The molecule has 0 atom stereocenters. The highest BCUT2D eigenvalue weighted by Gasteiger charge is 2.29. The summed E-state index contributed by atoms with van der Waals surface area (Å²) in [6.07, 6.45) is 3.99. The van der Waals surface area contributed by atoms with Gasteiger partial charge in [-0.05, 0) is 10.9 Å². The molecule has 0 spiro atoms. The van der Waals surface area contributed by atoms with Gasteiger partial charge in [-0.3, -0.25) is 9.69 Å². The first kappa shape index (κ1) is 12.0. The van der Waals surface area contributed by atoms with E-state index in [9.17, 15) is 4.79 Å². The monoisotopic (exact) mass is 251 g/mol. The second-order valence-electron chi connectivity index (χ2n) is 5.61. The van der Waals surface area contributed by atoms with E-state index in [1.54, 1.807) is 11.8 Å². The minimum Gasteiger partial charge on any atom is -0.287 e. The number of anilines is 1. The van der Waals surface area contributed by atoms with Crippen LogP contribution in [0.3, 0.4) is 0 Å². The van der Waals surface area contributed by atoms with E-state index < -0.39 is 0 Å². The van der Waals surface area contributed by atoms with Crippen LogP contribution in [0.1, 0.15) is 26.3 Å². The summed E-state index contributed by atoms with van der Waals surface area (Å²) < 4.78 is 0. The maximum Gasteiger partial charge on any atom is 0.227 e. The number of amides is 1. The molecule has 1 aliphatic rings. The fourth-order valence-corrected chi connectivity index (χ4v) is 2.72. The molecule has 0 fully saturated rings. The maximum atomic E-state index is 11.9. The number of allylic oxidation sites excluding steroid dienone is 1. The Morgan fingerprint density at radius 1 is 1.11 bits per heavy atom. The molecule has 2 heteroatoms. The van der Waals surface area contributed by atoms with Crippen LogP contribution in [0.15, 0.2) is 48.7 Å². The lowest BCUT2D eigenvalue weighted by Gasteiger charge is -2.34. The topological polar surface area (TPSA) is 20.3 Å². The first-order chi connectivity index (χ1) is 9.00. The van der Waals surface area contributed by atoms with E-state index in [0.717, 1.165) is 11.1 Å². The molecule has 1 aliphatic heterocycles. The Bertz CT molecular complexity index is 697. The van der Waals surface area contributed by atoms with Crippen molar-refractivity contribution in [2.24, 2.45) is 0 Å². The van der Waals surface area contributed by atoms with E-state index in [1.807, 2.05) is 18.3 Å². The van der Waals surface area contributed by atoms with Crippen molar-refractivity contribution in [3.05, 3.63) is 54.2 Å². The normalized spacial score (nSPS) is 16.5. The number of rotatable bonds is 0. The molecule has 0 radical (unpaired) electrons. The number of hydrogen-bond donors (Lipinski definition) is 0. The van der Waals surface area contributed by atoms with Crippen LogP contribution in [0.5, 0.6) is 0 Å². The van der Waals surface area contributed by atoms with Gasteiger partial charge in [-0.2, -0.15) is 0 Å². The molecule has 3 rings (SSSR count). The average Bonchev–Trinajstić information content (AvgIpc) is 2.38. The Balaban J connectivity index is 2.40. The Kier molecular flexibility index (Phi) is 2.49. The molecular formula is C17H17NO. The highest BCUT2D eigenvalue weighted by atomic mass is 16.2. The van der Waals surface area contributed by atoms with Crippen LogP contribution in [0.2, 0.25) is 0 Å². The summed E-state index contributed by atoms with van der Waals surface area (Å²) in [5.74, 6) is 0.0457. The molecule has 2 aromatic rings. The largest absolute Gasteiger partial charge is 0.287 e. The third kappa shape index (κ3) is 1.75. The van der Waals surface area contributed by atoms with Crippen molar-refractivity contribution in [3.63, 3.8) is 0 Å². The lowest BCUT2D eigenvalue weighted by molar-refractivity contribution is -0.116. The zero-order chi connectivity index (χ0) is 13.6. The SMILES string of the molecule is CC(=O)N1C=CC(C)(C)c2ccc3ccccc3c21. The summed E-state index contributed by atoms with van der Waals surface area (Å²) in [7, 11) is 0. The number of carbonyl (C=O) groups is 1. The molecule has 1 amide bonds. The van der Waals surface area contributed by atoms with Gasteiger partial charge in [-0.15, -0.1) is 0 Å². The van der Waals surface area contributed by atoms with Crippen LogP contribution < -0.4 is 4.90 Å². The zero-order valence-corrected chi connectivity index (χ0v) is 11.5. The van der Waals surface area contributed by atoms with Crippen molar-refractivity contribution in [3.8, 4) is 0 Å². The molecular weight excluding hydrogens is 234 g/mol. The van der Waals surface area contributed by atoms with E-state index in [0.29, 0.717) is 0 Å². The minimum atomic E-state index is -0.0503. The fourth-order valence-electron chi connectivity index (χ4n) is 2.72. The van der Waals surface area contributed by atoms with Crippen molar-refractivity contribution in [1.29, 1.82) is 0 Å². The van der Waals surface area contributed by atoms with Gasteiger partial charge in [0.2, 0.25) is 5.91 Å². The van der Waals surface area contributed by atoms with Crippen LogP contribution >= 0.6 is 0 Å². The fraction of sp³-hybridized carbons (Fsp3) is 0.235. The summed E-state index contributed by atoms with van der Waals surface area (Å²) in [5.41, 5.74) is 2.17. The molecule has 0 N–H and O–H groups in total. The predicted molar refractivity (Wildman–Crippen MR) is 79.3 cm³/mol. The minimum absolute atomic E-state index is 0.0457. The molecule has 0 unspecified atom stereocenters. The zero-order valence-electron chi connectivity index (χ0n) is 11.5. The molecule has 1 heterocycles. The van der Waals surface area contributed by atoms with Gasteiger partial charge in [0, 0.05) is 23.9 Å². The van der Waals surface area contributed by atoms with Gasteiger partial charge in [0.15, 0.2) is 0 Å². The highest BCUT2D eigenvalue weighted by molar-refractivity contribution is 6.06. The third-order valence-electron chi connectivity index (χ3n) is 3.82. The van der Waals surface area contributed by atoms with Crippen LogP contribution in [0, 0.1) is 0 Å². The van der Waals surface area contributed by atoms with Gasteiger partial charge in [0.1, 0.15) is 0 Å². The summed E-state index contributed by atoms with van der Waals surface area (Å²) >= 11 is 0. The average molecular weight is 251 g/mol. The smallest absolute Gasteiger partial charge is 0.227 e. The summed E-state index contributed by atoms with van der Waals surface area (Å²) in [6, 6.07) is 12.5. The number of fused-ring (bicyclic) bond motifs is 3. The standard InChI is InChI=1S/C17H17NO/c1-12(19)18-11-10-17(2,3)15-9-8-13-6-4-5-7-14(13)16(15)18/h4-11H,1-3H3. The lowest BCUT2D eigenvalue weighted by Crippen LogP contribution is -2.31. The summed E-state index contributed by atoms with van der Waals surface area (Å²) in [4.78, 5) is 13.6. The van der Waals surface area contributed by atoms with Gasteiger partial charge >= 0.3 is 0 Å². The van der Waals surface area contributed by atoms with Gasteiger partial charge < -0.3 is 0 Å². The van der Waals surface area contributed by atoms with E-state index in [-0.39, 0.29) is 11.3 Å². The van der Waals surface area contributed by atoms with Crippen molar-refractivity contribution >= 4 is 22.4 Å². The number of hydrogen-bond acceptors (Lipinski definition) is 1. The molecule has 2 nitrogen and oxygen atoms in total. The summed E-state index contributed by atoms with van der Waals surface area (Å²) in [5, 5.41) is 2.30.